The lowest BCUT2D eigenvalue weighted by Crippen LogP contribution is -2.56. The van der Waals surface area contributed by atoms with Crippen LogP contribution in [0.2, 0.25) is 0 Å². The van der Waals surface area contributed by atoms with E-state index in [0.29, 0.717) is 29.2 Å². The fourth-order valence-corrected chi connectivity index (χ4v) is 4.54. The first kappa shape index (κ1) is 33.9. The van der Waals surface area contributed by atoms with Crippen molar-refractivity contribution in [2.24, 2.45) is 11.7 Å². The van der Waals surface area contributed by atoms with E-state index in [2.05, 4.69) is 30.4 Å². The normalized spacial score (nSPS) is 13.3. The molecule has 3 unspecified atom stereocenters. The van der Waals surface area contributed by atoms with E-state index in [-0.39, 0.29) is 0 Å². The third-order valence-corrected chi connectivity index (χ3v) is 6.63. The van der Waals surface area contributed by atoms with Crippen LogP contribution >= 0.6 is 0 Å². The zero-order chi connectivity index (χ0) is 31.6. The summed E-state index contributed by atoms with van der Waals surface area (Å²) in [5, 5.41) is 5.47. The first-order chi connectivity index (χ1) is 19.6. The van der Waals surface area contributed by atoms with Gasteiger partial charge in [-0.15, -0.1) is 6.42 Å². The van der Waals surface area contributed by atoms with Gasteiger partial charge in [-0.1, -0.05) is 56.2 Å². The molecule has 0 radical (unpaired) electrons. The Bertz CT molecular complexity index is 1310. The lowest BCUT2D eigenvalue weighted by atomic mass is 9.94. The van der Waals surface area contributed by atoms with Crippen molar-refractivity contribution in [2.45, 2.75) is 91.5 Å². The van der Waals surface area contributed by atoms with E-state index in [1.165, 1.54) is 4.90 Å². The summed E-state index contributed by atoms with van der Waals surface area (Å²) < 4.78 is 5.36. The van der Waals surface area contributed by atoms with Crippen LogP contribution in [0.3, 0.4) is 0 Å². The quantitative estimate of drug-likeness (QED) is 0.304. The standard InChI is InChI=1S/C33H44N4O5/c1-9-24-15-11-12-16-25(24)29(30(39)35-26-17-13-10-14-22(26)4)37(23(5)19-18-21(2)3)31(40)27(20-28(34)38)36-32(41)42-33(6,7)8/h1,10-17,21,23,27,29H,18-20H2,2-8H3,(H2,34,38)(H,35,39)(H,36,41). The highest BCUT2D eigenvalue weighted by Crippen LogP contribution is 2.31. The molecule has 9 nitrogen and oxygen atoms in total. The average Bonchev–Trinajstić information content (AvgIpc) is 2.89. The van der Waals surface area contributed by atoms with Crippen LogP contribution < -0.4 is 16.4 Å². The van der Waals surface area contributed by atoms with Crippen molar-refractivity contribution in [3.8, 4) is 12.3 Å². The molecule has 0 bridgehead atoms. The van der Waals surface area contributed by atoms with Crippen molar-refractivity contribution in [3.05, 3.63) is 65.2 Å². The van der Waals surface area contributed by atoms with Gasteiger partial charge in [0.05, 0.1) is 6.42 Å². The highest BCUT2D eigenvalue weighted by molar-refractivity contribution is 6.00. The number of carbonyl (C=O) groups excluding carboxylic acids is 4. The second-order valence-electron chi connectivity index (χ2n) is 11.9. The number of nitrogens with zero attached hydrogens (tertiary/aromatic N) is 1. The lowest BCUT2D eigenvalue weighted by Gasteiger charge is -2.39. The molecule has 0 heterocycles. The second kappa shape index (κ2) is 15.1. The van der Waals surface area contributed by atoms with Crippen LogP contribution in [-0.2, 0) is 19.1 Å². The maximum Gasteiger partial charge on any atom is 0.408 e. The van der Waals surface area contributed by atoms with Gasteiger partial charge in [0.25, 0.3) is 5.91 Å². The predicted octanol–water partition coefficient (Wildman–Crippen LogP) is 5.08. The van der Waals surface area contributed by atoms with E-state index in [9.17, 15) is 19.2 Å². The number of hydrogen-bond acceptors (Lipinski definition) is 5. The number of benzene rings is 2. The molecule has 0 aliphatic carbocycles. The highest BCUT2D eigenvalue weighted by Gasteiger charge is 2.40. The minimum Gasteiger partial charge on any atom is -0.444 e. The van der Waals surface area contributed by atoms with Crippen molar-refractivity contribution in [1.82, 2.24) is 10.2 Å². The number of rotatable bonds is 12. The first-order valence-electron chi connectivity index (χ1n) is 14.2. The monoisotopic (exact) mass is 576 g/mol. The van der Waals surface area contributed by atoms with Crippen LogP contribution in [0.1, 0.15) is 83.5 Å². The zero-order valence-corrected chi connectivity index (χ0v) is 25.7. The number of aryl methyl sites for hydroxylation is 1. The molecule has 42 heavy (non-hydrogen) atoms. The smallest absolute Gasteiger partial charge is 0.408 e. The summed E-state index contributed by atoms with van der Waals surface area (Å²) in [4.78, 5) is 54.9. The molecule has 4 N–H and O–H groups in total. The van der Waals surface area contributed by atoms with Gasteiger partial charge in [-0.05, 0) is 76.6 Å². The number of anilines is 1. The molecule has 3 atom stereocenters. The summed E-state index contributed by atoms with van der Waals surface area (Å²) in [6.45, 7) is 12.9. The summed E-state index contributed by atoms with van der Waals surface area (Å²) in [6, 6.07) is 11.1. The van der Waals surface area contributed by atoms with Crippen LogP contribution in [0.4, 0.5) is 10.5 Å². The Balaban J connectivity index is 2.71. The summed E-state index contributed by atoms with van der Waals surface area (Å²) in [6.07, 6.45) is 5.77. The molecule has 0 aliphatic rings. The number of carbonyl (C=O) groups is 4. The molecule has 0 fully saturated rings. The topological polar surface area (TPSA) is 131 Å². The second-order valence-corrected chi connectivity index (χ2v) is 11.9. The maximum atomic E-state index is 14.4. The molecule has 4 amide bonds. The molecule has 9 heteroatoms. The molecule has 2 aromatic carbocycles. The molecule has 2 aromatic rings. The third kappa shape index (κ3) is 9.95. The molecule has 0 aliphatic heterocycles. The van der Waals surface area contributed by atoms with Crippen molar-refractivity contribution in [2.75, 3.05) is 5.32 Å². The van der Waals surface area contributed by atoms with Gasteiger partial charge in [-0.25, -0.2) is 4.79 Å². The van der Waals surface area contributed by atoms with Crippen LogP contribution in [0, 0.1) is 25.2 Å². The van der Waals surface area contributed by atoms with Gasteiger partial charge in [0.1, 0.15) is 17.7 Å². The average molecular weight is 577 g/mol. The summed E-state index contributed by atoms with van der Waals surface area (Å²) in [7, 11) is 0. The third-order valence-electron chi connectivity index (χ3n) is 6.63. The number of ether oxygens (including phenoxy) is 1. The van der Waals surface area contributed by atoms with Crippen LogP contribution in [0.15, 0.2) is 48.5 Å². The fraction of sp³-hybridized carbons (Fsp3) is 0.455. The van der Waals surface area contributed by atoms with E-state index in [1.807, 2.05) is 26.0 Å². The van der Waals surface area contributed by atoms with Crippen LogP contribution in [0.5, 0.6) is 0 Å². The maximum absolute atomic E-state index is 14.4. The van der Waals surface area contributed by atoms with Gasteiger partial charge in [0, 0.05) is 17.3 Å². The number of primary amides is 1. The minimum atomic E-state index is -1.38. The molecule has 0 saturated carbocycles. The van der Waals surface area contributed by atoms with E-state index >= 15 is 0 Å². The van der Waals surface area contributed by atoms with Gasteiger partial charge in [-0.2, -0.15) is 0 Å². The lowest BCUT2D eigenvalue weighted by molar-refractivity contribution is -0.144. The molecular formula is C33H44N4O5. The summed E-state index contributed by atoms with van der Waals surface area (Å²) in [5.74, 6) is 0.994. The Morgan fingerprint density at radius 2 is 1.62 bits per heavy atom. The number of nitrogens with one attached hydrogen (secondary N) is 2. The van der Waals surface area contributed by atoms with E-state index in [4.69, 9.17) is 16.9 Å². The molecule has 0 aromatic heterocycles. The van der Waals surface area contributed by atoms with Crippen molar-refractivity contribution >= 4 is 29.5 Å². The molecule has 226 valence electrons. The number of nitrogens with two attached hydrogens (primary N) is 1. The predicted molar refractivity (Wildman–Crippen MR) is 164 cm³/mol. The van der Waals surface area contributed by atoms with Crippen molar-refractivity contribution in [1.29, 1.82) is 0 Å². The van der Waals surface area contributed by atoms with Gasteiger partial charge in [0.15, 0.2) is 0 Å². The Hall–Kier alpha value is -4.32. The number of alkyl carbamates (subject to hydrolysis) is 1. The van der Waals surface area contributed by atoms with Gasteiger partial charge in [-0.3, -0.25) is 14.4 Å². The van der Waals surface area contributed by atoms with Gasteiger partial charge in [0.2, 0.25) is 11.8 Å². The van der Waals surface area contributed by atoms with E-state index in [0.717, 1.165) is 12.0 Å². The van der Waals surface area contributed by atoms with Crippen molar-refractivity contribution in [3.63, 3.8) is 0 Å². The Morgan fingerprint density at radius 3 is 2.19 bits per heavy atom. The number of hydrogen-bond donors (Lipinski definition) is 3. The number of terminal acetylenes is 1. The van der Waals surface area contributed by atoms with Crippen molar-refractivity contribution < 1.29 is 23.9 Å². The number of para-hydroxylation sites is 1. The SMILES string of the molecule is C#Cc1ccccc1C(C(=O)Nc1ccccc1C)N(C(=O)C(CC(N)=O)NC(=O)OC(C)(C)C)C(C)CCC(C)C. The highest BCUT2D eigenvalue weighted by atomic mass is 16.6. The van der Waals surface area contributed by atoms with E-state index in [1.54, 1.807) is 57.2 Å². The van der Waals surface area contributed by atoms with Gasteiger partial charge >= 0.3 is 6.09 Å². The minimum absolute atomic E-state index is 0.322. The van der Waals surface area contributed by atoms with Gasteiger partial charge < -0.3 is 26.0 Å². The molecule has 2 rings (SSSR count). The first-order valence-corrected chi connectivity index (χ1v) is 14.2. The summed E-state index contributed by atoms with van der Waals surface area (Å²) >= 11 is 0. The van der Waals surface area contributed by atoms with Crippen LogP contribution in [-0.4, -0.2) is 46.4 Å². The fourth-order valence-electron chi connectivity index (χ4n) is 4.54. The Kier molecular flexibility index (Phi) is 12.2. The Labute approximate surface area is 249 Å². The largest absolute Gasteiger partial charge is 0.444 e. The van der Waals surface area contributed by atoms with Crippen LogP contribution in [0.25, 0.3) is 0 Å². The number of amides is 4. The zero-order valence-electron chi connectivity index (χ0n) is 25.7. The molecule has 0 spiro atoms. The Morgan fingerprint density at radius 1 is 1.00 bits per heavy atom. The van der Waals surface area contributed by atoms with E-state index < -0.39 is 54.0 Å². The molecular weight excluding hydrogens is 532 g/mol. The molecule has 0 saturated heterocycles. The summed E-state index contributed by atoms with van der Waals surface area (Å²) in [5.41, 5.74) is 6.94.